The number of amides is 1. The van der Waals surface area contributed by atoms with E-state index < -0.39 is 0 Å². The molecule has 1 N–H and O–H groups in total. The Morgan fingerprint density at radius 3 is 2.75 bits per heavy atom. The average molecular weight is 398 g/mol. The van der Waals surface area contributed by atoms with Crippen molar-refractivity contribution in [2.45, 2.75) is 19.4 Å². The van der Waals surface area contributed by atoms with E-state index in [0.29, 0.717) is 19.8 Å². The van der Waals surface area contributed by atoms with E-state index in [0.717, 1.165) is 10.1 Å². The molecule has 3 aromatic rings. The molecule has 0 fully saturated rings. The molecule has 2 heterocycles. The summed E-state index contributed by atoms with van der Waals surface area (Å²) in [6.45, 7) is 1.81. The molecule has 1 aromatic carbocycles. The molecule has 1 amide bonds. The van der Waals surface area contributed by atoms with Gasteiger partial charge >= 0.3 is 0 Å². The van der Waals surface area contributed by atoms with Crippen molar-refractivity contribution in [3.05, 3.63) is 55.5 Å². The van der Waals surface area contributed by atoms with Crippen LogP contribution in [0.25, 0.3) is 10.1 Å². The first-order valence-corrected chi connectivity index (χ1v) is 9.66. The first-order chi connectivity index (χ1) is 11.5. The maximum atomic E-state index is 12.5. The number of rotatable bonds is 5. The molecule has 124 valence electrons. The van der Waals surface area contributed by atoms with Gasteiger partial charge in [-0.1, -0.05) is 35.3 Å². The number of benzene rings is 1. The van der Waals surface area contributed by atoms with Crippen LogP contribution in [0.2, 0.25) is 10.0 Å². The van der Waals surface area contributed by atoms with Crippen LogP contribution < -0.4 is 5.32 Å². The molecule has 3 nitrogen and oxygen atoms in total. The van der Waals surface area contributed by atoms with Gasteiger partial charge in [-0.3, -0.25) is 9.59 Å². The number of Topliss-reactive ketones (excluding diaryl/α,β-unsaturated/α-hetero) is 1. The highest BCUT2D eigenvalue weighted by molar-refractivity contribution is 7.21. The van der Waals surface area contributed by atoms with Crippen LogP contribution in [0.15, 0.2) is 35.7 Å². The molecule has 7 heteroatoms. The smallest absolute Gasteiger partial charge is 0.263 e. The van der Waals surface area contributed by atoms with E-state index in [2.05, 4.69) is 5.32 Å². The highest BCUT2D eigenvalue weighted by Gasteiger charge is 2.20. The Kier molecular flexibility index (Phi) is 5.25. The maximum Gasteiger partial charge on any atom is 0.263 e. The van der Waals surface area contributed by atoms with Crippen LogP contribution in [-0.2, 0) is 0 Å². The van der Waals surface area contributed by atoms with Crippen molar-refractivity contribution >= 4 is 67.7 Å². The van der Waals surface area contributed by atoms with E-state index >= 15 is 0 Å². The van der Waals surface area contributed by atoms with Gasteiger partial charge in [0, 0.05) is 27.6 Å². The van der Waals surface area contributed by atoms with Gasteiger partial charge in [-0.15, -0.1) is 22.7 Å². The second-order valence-corrected chi connectivity index (χ2v) is 8.18. The SMILES string of the molecule is CC(CC(=O)c1cccs1)NC(=O)c1sc2cc(Cl)ccc2c1Cl. The second-order valence-electron chi connectivity index (χ2n) is 5.36. The van der Waals surface area contributed by atoms with Crippen LogP contribution in [0.3, 0.4) is 0 Å². The zero-order valence-corrected chi connectivity index (χ0v) is 15.8. The molecular weight excluding hydrogens is 385 g/mol. The zero-order chi connectivity index (χ0) is 17.3. The molecule has 0 spiro atoms. The number of carbonyl (C=O) groups is 2. The Bertz CT molecular complexity index is 903. The Balaban J connectivity index is 1.72. The van der Waals surface area contributed by atoms with E-state index in [1.165, 1.54) is 22.7 Å². The van der Waals surface area contributed by atoms with Gasteiger partial charge in [-0.25, -0.2) is 0 Å². The summed E-state index contributed by atoms with van der Waals surface area (Å²) in [5.41, 5.74) is 0. The molecular formula is C17H13Cl2NO2S2. The Labute approximate surface area is 157 Å². The number of hydrogen-bond acceptors (Lipinski definition) is 4. The molecule has 24 heavy (non-hydrogen) atoms. The first-order valence-electron chi connectivity index (χ1n) is 7.21. The Morgan fingerprint density at radius 1 is 1.25 bits per heavy atom. The van der Waals surface area contributed by atoms with Gasteiger partial charge < -0.3 is 5.32 Å². The fourth-order valence-corrected chi connectivity index (χ4v) is 4.71. The predicted molar refractivity (Wildman–Crippen MR) is 102 cm³/mol. The van der Waals surface area contributed by atoms with E-state index in [1.54, 1.807) is 24.3 Å². The topological polar surface area (TPSA) is 46.2 Å². The normalized spacial score (nSPS) is 12.3. The van der Waals surface area contributed by atoms with E-state index in [-0.39, 0.29) is 24.2 Å². The zero-order valence-electron chi connectivity index (χ0n) is 12.6. The molecule has 0 saturated carbocycles. The largest absolute Gasteiger partial charge is 0.348 e. The van der Waals surface area contributed by atoms with E-state index in [4.69, 9.17) is 23.2 Å². The van der Waals surface area contributed by atoms with Gasteiger partial charge in [0.25, 0.3) is 5.91 Å². The number of fused-ring (bicyclic) bond motifs is 1. The summed E-state index contributed by atoms with van der Waals surface area (Å²) >= 11 is 15.0. The van der Waals surface area contributed by atoms with Gasteiger partial charge in [0.15, 0.2) is 5.78 Å². The lowest BCUT2D eigenvalue weighted by atomic mass is 10.1. The summed E-state index contributed by atoms with van der Waals surface area (Å²) in [7, 11) is 0. The van der Waals surface area contributed by atoms with E-state index in [9.17, 15) is 9.59 Å². The molecule has 0 radical (unpaired) electrons. The number of ketones is 1. The molecule has 3 rings (SSSR count). The highest BCUT2D eigenvalue weighted by atomic mass is 35.5. The minimum atomic E-state index is -0.281. The standard InChI is InChI=1S/C17H13Cl2NO2S2/c1-9(7-12(21)13-3-2-6-23-13)20-17(22)16-15(19)11-5-4-10(18)8-14(11)24-16/h2-6,8-9H,7H2,1H3,(H,20,22). The summed E-state index contributed by atoms with van der Waals surface area (Å²) in [6, 6.07) is 8.67. The van der Waals surface area contributed by atoms with Crippen LogP contribution >= 0.6 is 45.9 Å². The average Bonchev–Trinajstić information content (AvgIpc) is 3.15. The molecule has 1 atom stereocenters. The van der Waals surface area contributed by atoms with Crippen LogP contribution in [0.1, 0.15) is 32.7 Å². The lowest BCUT2D eigenvalue weighted by Gasteiger charge is -2.12. The quantitative estimate of drug-likeness (QED) is 0.564. The molecule has 0 aliphatic rings. The summed E-state index contributed by atoms with van der Waals surface area (Å²) in [6.07, 6.45) is 0.251. The lowest BCUT2D eigenvalue weighted by Crippen LogP contribution is -2.33. The monoisotopic (exact) mass is 397 g/mol. The van der Waals surface area contributed by atoms with Crippen LogP contribution in [0.4, 0.5) is 0 Å². The number of thiophene rings is 2. The number of carbonyl (C=O) groups excluding carboxylic acids is 2. The second kappa shape index (κ2) is 7.23. The van der Waals surface area contributed by atoms with Crippen molar-refractivity contribution in [1.82, 2.24) is 5.32 Å². The third-order valence-corrected chi connectivity index (χ3v) is 6.26. The fraction of sp³-hybridized carbons (Fsp3) is 0.176. The van der Waals surface area contributed by atoms with Crippen molar-refractivity contribution in [2.24, 2.45) is 0 Å². The van der Waals surface area contributed by atoms with Crippen molar-refractivity contribution in [3.8, 4) is 0 Å². The first kappa shape index (κ1) is 17.4. The summed E-state index contributed by atoms with van der Waals surface area (Å²) in [5, 5.41) is 6.52. The summed E-state index contributed by atoms with van der Waals surface area (Å²) < 4.78 is 0.861. The third kappa shape index (κ3) is 3.64. The van der Waals surface area contributed by atoms with Gasteiger partial charge in [-0.05, 0) is 30.5 Å². The minimum absolute atomic E-state index is 0.0204. The van der Waals surface area contributed by atoms with Crippen molar-refractivity contribution in [3.63, 3.8) is 0 Å². The molecule has 1 unspecified atom stereocenters. The highest BCUT2D eigenvalue weighted by Crippen LogP contribution is 2.36. The molecule has 0 bridgehead atoms. The van der Waals surface area contributed by atoms with Crippen molar-refractivity contribution < 1.29 is 9.59 Å². The molecule has 0 saturated heterocycles. The Hall–Kier alpha value is -1.40. The third-order valence-electron chi connectivity index (χ3n) is 3.46. The van der Waals surface area contributed by atoms with Gasteiger partial charge in [0.1, 0.15) is 4.88 Å². The van der Waals surface area contributed by atoms with Crippen molar-refractivity contribution in [1.29, 1.82) is 0 Å². The molecule has 2 aromatic heterocycles. The molecule has 0 aliphatic heterocycles. The lowest BCUT2D eigenvalue weighted by molar-refractivity contribution is 0.0922. The van der Waals surface area contributed by atoms with Crippen molar-refractivity contribution in [2.75, 3.05) is 0 Å². The van der Waals surface area contributed by atoms with Crippen LogP contribution in [-0.4, -0.2) is 17.7 Å². The molecule has 0 aliphatic carbocycles. The minimum Gasteiger partial charge on any atom is -0.348 e. The Morgan fingerprint density at radius 2 is 2.04 bits per heavy atom. The van der Waals surface area contributed by atoms with E-state index in [1.807, 2.05) is 18.4 Å². The van der Waals surface area contributed by atoms with Gasteiger partial charge in [0.2, 0.25) is 0 Å². The van der Waals surface area contributed by atoms with Gasteiger partial charge in [-0.2, -0.15) is 0 Å². The summed E-state index contributed by atoms with van der Waals surface area (Å²) in [4.78, 5) is 25.7. The number of nitrogens with one attached hydrogen (secondary N) is 1. The number of halogens is 2. The number of hydrogen-bond donors (Lipinski definition) is 1. The fourth-order valence-electron chi connectivity index (χ4n) is 2.34. The predicted octanol–water partition coefficient (Wildman–Crippen LogP) is 5.66. The maximum absolute atomic E-state index is 12.5. The summed E-state index contributed by atoms with van der Waals surface area (Å²) in [5.74, 6) is -0.254. The van der Waals surface area contributed by atoms with Crippen LogP contribution in [0, 0.1) is 0 Å². The van der Waals surface area contributed by atoms with Gasteiger partial charge in [0.05, 0.1) is 9.90 Å². The van der Waals surface area contributed by atoms with Crippen LogP contribution in [0.5, 0.6) is 0 Å².